The van der Waals surface area contributed by atoms with Gasteiger partial charge in [-0.3, -0.25) is 4.90 Å². The number of rotatable bonds is 2. The second-order valence-corrected chi connectivity index (χ2v) is 7.27. The molecule has 0 atom stereocenters. The van der Waals surface area contributed by atoms with Crippen LogP contribution in [-0.4, -0.2) is 23.0 Å². The highest BCUT2D eigenvalue weighted by Gasteiger charge is 2.15. The van der Waals surface area contributed by atoms with Gasteiger partial charge in [-0.25, -0.2) is 9.37 Å². The van der Waals surface area contributed by atoms with Crippen molar-refractivity contribution >= 4 is 0 Å². The number of nitrogens with zero attached hydrogens (tertiary/aromatic N) is 2. The van der Waals surface area contributed by atoms with E-state index in [4.69, 9.17) is 9.47 Å². The van der Waals surface area contributed by atoms with E-state index in [9.17, 15) is 4.39 Å². The summed E-state index contributed by atoms with van der Waals surface area (Å²) in [5.74, 6) is 1.78. The normalized spacial score (nSPS) is 15.5. The molecule has 0 aliphatic carbocycles. The highest BCUT2D eigenvalue weighted by atomic mass is 19.1. The maximum absolute atomic E-state index is 13.6. The highest BCUT2D eigenvalue weighted by molar-refractivity contribution is 5.43. The lowest BCUT2D eigenvalue weighted by Gasteiger charge is -2.23. The first kappa shape index (κ1) is 19.4. The number of pyridine rings is 1. The van der Waals surface area contributed by atoms with Crippen LogP contribution in [0, 0.1) is 5.82 Å². The largest absolute Gasteiger partial charge is 0.490 e. The van der Waals surface area contributed by atoms with Crippen LogP contribution >= 0.6 is 0 Å². The van der Waals surface area contributed by atoms with Crippen LogP contribution in [0.3, 0.4) is 0 Å². The van der Waals surface area contributed by atoms with Crippen molar-refractivity contribution in [2.24, 2.45) is 0 Å². The molecule has 0 unspecified atom stereocenters. The van der Waals surface area contributed by atoms with Gasteiger partial charge in [0.05, 0.1) is 6.61 Å². The zero-order valence-electron chi connectivity index (χ0n) is 16.4. The molecule has 4 nitrogen and oxygen atoms in total. The number of fused-ring (bicyclic) bond motifs is 2. The van der Waals surface area contributed by atoms with Crippen molar-refractivity contribution < 1.29 is 13.9 Å². The maximum atomic E-state index is 13.6. The third kappa shape index (κ3) is 5.33. The highest BCUT2D eigenvalue weighted by Crippen LogP contribution is 2.32. The summed E-state index contributed by atoms with van der Waals surface area (Å²) in [5, 5.41) is 0. The van der Waals surface area contributed by atoms with Crippen LogP contribution in [0.2, 0.25) is 0 Å². The third-order valence-electron chi connectivity index (χ3n) is 4.97. The van der Waals surface area contributed by atoms with Crippen LogP contribution in [0.5, 0.6) is 17.4 Å². The molecular weight excluding hydrogens is 367 g/mol. The summed E-state index contributed by atoms with van der Waals surface area (Å²) in [5.41, 5.74) is 1.97. The SMILES string of the molecule is Fc1cccc(CN2CCCCCOc3ccccc3Oc3ncccc3C2)c1. The van der Waals surface area contributed by atoms with E-state index >= 15 is 0 Å². The van der Waals surface area contributed by atoms with E-state index in [1.54, 1.807) is 18.3 Å². The Morgan fingerprint density at radius 1 is 0.931 bits per heavy atom. The van der Waals surface area contributed by atoms with E-state index in [1.165, 1.54) is 6.07 Å². The van der Waals surface area contributed by atoms with Gasteiger partial charge in [0.25, 0.3) is 0 Å². The predicted octanol–water partition coefficient (Wildman–Crippen LogP) is 5.58. The van der Waals surface area contributed by atoms with Gasteiger partial charge in [0.1, 0.15) is 5.82 Å². The molecule has 150 valence electrons. The van der Waals surface area contributed by atoms with E-state index < -0.39 is 0 Å². The quantitative estimate of drug-likeness (QED) is 0.570. The van der Waals surface area contributed by atoms with Crippen molar-refractivity contribution in [1.29, 1.82) is 0 Å². The van der Waals surface area contributed by atoms with Crippen LogP contribution in [-0.2, 0) is 13.1 Å². The van der Waals surface area contributed by atoms with Crippen LogP contribution in [0.15, 0.2) is 66.9 Å². The summed E-state index contributed by atoms with van der Waals surface area (Å²) in [6.45, 7) is 2.93. The molecule has 0 N–H and O–H groups in total. The van der Waals surface area contributed by atoms with Crippen molar-refractivity contribution in [3.63, 3.8) is 0 Å². The zero-order chi connectivity index (χ0) is 19.9. The number of ether oxygens (including phenoxy) is 2. The minimum absolute atomic E-state index is 0.201. The Morgan fingerprint density at radius 3 is 2.72 bits per heavy atom. The first-order chi connectivity index (χ1) is 14.3. The van der Waals surface area contributed by atoms with Crippen molar-refractivity contribution in [2.75, 3.05) is 13.2 Å². The minimum atomic E-state index is -0.201. The minimum Gasteiger partial charge on any atom is -0.490 e. The van der Waals surface area contributed by atoms with Crippen molar-refractivity contribution in [2.45, 2.75) is 32.4 Å². The first-order valence-corrected chi connectivity index (χ1v) is 10.1. The molecule has 0 bridgehead atoms. The lowest BCUT2D eigenvalue weighted by molar-refractivity contribution is 0.243. The average Bonchev–Trinajstić information content (AvgIpc) is 2.74. The van der Waals surface area contributed by atoms with Gasteiger partial charge in [0, 0.05) is 24.8 Å². The Bertz CT molecular complexity index is 947. The second kappa shape index (κ2) is 9.52. The predicted molar refractivity (Wildman–Crippen MR) is 111 cm³/mol. The smallest absolute Gasteiger partial charge is 0.223 e. The molecule has 2 heterocycles. The van der Waals surface area contributed by atoms with E-state index in [0.29, 0.717) is 31.3 Å². The molecule has 29 heavy (non-hydrogen) atoms. The van der Waals surface area contributed by atoms with Crippen molar-refractivity contribution in [1.82, 2.24) is 9.88 Å². The number of para-hydroxylation sites is 2. The molecule has 0 saturated heterocycles. The molecule has 0 fully saturated rings. The Labute approximate surface area is 170 Å². The molecule has 0 saturated carbocycles. The van der Waals surface area contributed by atoms with E-state index in [0.717, 1.165) is 42.7 Å². The summed E-state index contributed by atoms with van der Waals surface area (Å²) in [6, 6.07) is 18.5. The summed E-state index contributed by atoms with van der Waals surface area (Å²) < 4.78 is 25.7. The number of benzene rings is 2. The molecule has 4 rings (SSSR count). The lowest BCUT2D eigenvalue weighted by Crippen LogP contribution is -2.24. The van der Waals surface area contributed by atoms with E-state index in [-0.39, 0.29) is 5.82 Å². The molecule has 2 aromatic carbocycles. The summed E-state index contributed by atoms with van der Waals surface area (Å²) in [7, 11) is 0. The average molecular weight is 392 g/mol. The summed E-state index contributed by atoms with van der Waals surface area (Å²) in [6.07, 6.45) is 4.84. The summed E-state index contributed by atoms with van der Waals surface area (Å²) in [4.78, 5) is 6.78. The summed E-state index contributed by atoms with van der Waals surface area (Å²) >= 11 is 0. The molecule has 1 aliphatic rings. The Morgan fingerprint density at radius 2 is 1.83 bits per heavy atom. The molecule has 5 heteroatoms. The fourth-order valence-corrected chi connectivity index (χ4v) is 3.54. The topological polar surface area (TPSA) is 34.6 Å². The molecule has 1 aliphatic heterocycles. The van der Waals surface area contributed by atoms with Crippen LogP contribution in [0.4, 0.5) is 4.39 Å². The Kier molecular flexibility index (Phi) is 6.37. The van der Waals surface area contributed by atoms with Gasteiger partial charge in [0.15, 0.2) is 11.5 Å². The van der Waals surface area contributed by atoms with Gasteiger partial charge in [0.2, 0.25) is 5.88 Å². The third-order valence-corrected chi connectivity index (χ3v) is 4.97. The van der Waals surface area contributed by atoms with Crippen molar-refractivity contribution in [3.05, 3.63) is 83.8 Å². The molecule has 3 aromatic rings. The molecule has 0 spiro atoms. The fraction of sp³-hybridized carbons (Fsp3) is 0.292. The first-order valence-electron chi connectivity index (χ1n) is 10.1. The number of aromatic nitrogens is 1. The molecule has 1 aromatic heterocycles. The van der Waals surface area contributed by atoms with Gasteiger partial charge in [-0.1, -0.05) is 30.3 Å². The van der Waals surface area contributed by atoms with Gasteiger partial charge in [-0.2, -0.15) is 0 Å². The van der Waals surface area contributed by atoms with Gasteiger partial charge >= 0.3 is 0 Å². The van der Waals surface area contributed by atoms with Gasteiger partial charge in [-0.15, -0.1) is 0 Å². The second-order valence-electron chi connectivity index (χ2n) is 7.27. The fourth-order valence-electron chi connectivity index (χ4n) is 3.54. The number of hydrogen-bond acceptors (Lipinski definition) is 4. The zero-order valence-corrected chi connectivity index (χ0v) is 16.4. The van der Waals surface area contributed by atoms with E-state index in [1.807, 2.05) is 42.5 Å². The Balaban J connectivity index is 1.61. The van der Waals surface area contributed by atoms with Crippen LogP contribution in [0.1, 0.15) is 30.4 Å². The van der Waals surface area contributed by atoms with E-state index in [2.05, 4.69) is 9.88 Å². The van der Waals surface area contributed by atoms with Gasteiger partial charge < -0.3 is 9.47 Å². The number of hydrogen-bond donors (Lipinski definition) is 0. The Hall–Kier alpha value is -2.92. The van der Waals surface area contributed by atoms with Crippen molar-refractivity contribution in [3.8, 4) is 17.4 Å². The van der Waals surface area contributed by atoms with Crippen LogP contribution < -0.4 is 9.47 Å². The standard InChI is InChI=1S/C24H25FN2O2/c25-21-10-6-8-19(16-21)17-27-14-4-1-5-15-28-22-11-2-3-12-23(22)29-24-20(18-27)9-7-13-26-24/h2-3,6-13,16H,1,4-5,14-15,17-18H2. The van der Waals surface area contributed by atoms with Gasteiger partial charge in [-0.05, 0) is 61.7 Å². The monoisotopic (exact) mass is 392 g/mol. The number of halogens is 1. The lowest BCUT2D eigenvalue weighted by atomic mass is 10.1. The molecule has 0 radical (unpaired) electrons. The van der Waals surface area contributed by atoms with Crippen LogP contribution in [0.25, 0.3) is 0 Å². The molecule has 0 amide bonds. The maximum Gasteiger partial charge on any atom is 0.223 e. The molecular formula is C24H25FN2O2.